The molecule has 8 heteroatoms. The van der Waals surface area contributed by atoms with E-state index in [1.54, 1.807) is 30.2 Å². The maximum atomic E-state index is 11.8. The zero-order chi connectivity index (χ0) is 16.2. The van der Waals surface area contributed by atoms with Crippen LogP contribution in [0.25, 0.3) is 11.4 Å². The Bertz CT molecular complexity index is 837. The van der Waals surface area contributed by atoms with E-state index in [1.807, 2.05) is 19.1 Å². The SMILES string of the molecule is Cc1nc(-c2ccc(NCCn3ccnn3)nc2)[nH]c(=O)c1C. The van der Waals surface area contributed by atoms with Crippen LogP contribution in [0, 0.1) is 13.8 Å². The van der Waals surface area contributed by atoms with E-state index in [1.165, 1.54) is 0 Å². The van der Waals surface area contributed by atoms with Gasteiger partial charge in [-0.3, -0.25) is 9.48 Å². The molecule has 3 aromatic heterocycles. The van der Waals surface area contributed by atoms with Gasteiger partial charge in [0, 0.05) is 35.8 Å². The molecule has 0 fully saturated rings. The van der Waals surface area contributed by atoms with Gasteiger partial charge in [0.1, 0.15) is 11.6 Å². The first kappa shape index (κ1) is 14.9. The molecule has 23 heavy (non-hydrogen) atoms. The Morgan fingerprint density at radius 2 is 2.17 bits per heavy atom. The van der Waals surface area contributed by atoms with Gasteiger partial charge >= 0.3 is 0 Å². The van der Waals surface area contributed by atoms with E-state index in [4.69, 9.17) is 0 Å². The number of aromatic amines is 1. The molecule has 0 atom stereocenters. The van der Waals surface area contributed by atoms with Crippen molar-refractivity contribution in [3.63, 3.8) is 0 Å². The van der Waals surface area contributed by atoms with E-state index in [0.717, 1.165) is 17.1 Å². The molecule has 0 radical (unpaired) electrons. The van der Waals surface area contributed by atoms with E-state index in [0.29, 0.717) is 24.5 Å². The Labute approximate surface area is 132 Å². The van der Waals surface area contributed by atoms with E-state index in [-0.39, 0.29) is 5.56 Å². The first-order valence-corrected chi connectivity index (χ1v) is 7.25. The van der Waals surface area contributed by atoms with Crippen molar-refractivity contribution in [1.29, 1.82) is 0 Å². The molecular formula is C15H17N7O. The number of anilines is 1. The van der Waals surface area contributed by atoms with E-state index in [2.05, 4.69) is 30.6 Å². The summed E-state index contributed by atoms with van der Waals surface area (Å²) in [6.45, 7) is 4.97. The number of aromatic nitrogens is 6. The summed E-state index contributed by atoms with van der Waals surface area (Å²) in [6.07, 6.45) is 5.13. The number of pyridine rings is 1. The van der Waals surface area contributed by atoms with Gasteiger partial charge in [0.25, 0.3) is 5.56 Å². The lowest BCUT2D eigenvalue weighted by molar-refractivity contribution is 0.608. The summed E-state index contributed by atoms with van der Waals surface area (Å²) < 4.78 is 1.74. The molecule has 0 spiro atoms. The third kappa shape index (κ3) is 3.42. The van der Waals surface area contributed by atoms with Crippen molar-refractivity contribution in [2.75, 3.05) is 11.9 Å². The van der Waals surface area contributed by atoms with Crippen molar-refractivity contribution in [2.24, 2.45) is 0 Å². The molecule has 0 unspecified atom stereocenters. The fourth-order valence-corrected chi connectivity index (χ4v) is 2.07. The largest absolute Gasteiger partial charge is 0.368 e. The summed E-state index contributed by atoms with van der Waals surface area (Å²) >= 11 is 0. The van der Waals surface area contributed by atoms with Gasteiger partial charge in [0.05, 0.1) is 12.7 Å². The molecule has 0 aliphatic heterocycles. The highest BCUT2D eigenvalue weighted by Gasteiger charge is 2.06. The molecule has 3 rings (SSSR count). The van der Waals surface area contributed by atoms with Gasteiger partial charge < -0.3 is 10.3 Å². The van der Waals surface area contributed by atoms with Gasteiger partial charge in [-0.2, -0.15) is 0 Å². The average Bonchev–Trinajstić information content (AvgIpc) is 3.06. The van der Waals surface area contributed by atoms with Crippen LogP contribution in [0.15, 0.2) is 35.5 Å². The number of hydrogen-bond donors (Lipinski definition) is 2. The molecule has 0 saturated heterocycles. The second kappa shape index (κ2) is 6.39. The Kier molecular flexibility index (Phi) is 4.13. The number of aryl methyl sites for hydroxylation is 1. The highest BCUT2D eigenvalue weighted by Crippen LogP contribution is 2.15. The second-order valence-electron chi connectivity index (χ2n) is 5.15. The Balaban J connectivity index is 1.68. The highest BCUT2D eigenvalue weighted by molar-refractivity contribution is 5.56. The van der Waals surface area contributed by atoms with Gasteiger partial charge in [-0.25, -0.2) is 9.97 Å². The monoisotopic (exact) mass is 311 g/mol. The van der Waals surface area contributed by atoms with Crippen LogP contribution in [0.3, 0.4) is 0 Å². The molecule has 8 nitrogen and oxygen atoms in total. The minimum Gasteiger partial charge on any atom is -0.368 e. The molecule has 0 aromatic carbocycles. The van der Waals surface area contributed by atoms with Crippen LogP contribution in [-0.4, -0.2) is 36.5 Å². The van der Waals surface area contributed by atoms with Crippen LogP contribution in [0.1, 0.15) is 11.3 Å². The fourth-order valence-electron chi connectivity index (χ4n) is 2.07. The van der Waals surface area contributed by atoms with Crippen LogP contribution in [-0.2, 0) is 6.54 Å². The normalized spacial score (nSPS) is 10.7. The molecule has 3 heterocycles. The fraction of sp³-hybridized carbons (Fsp3) is 0.267. The lowest BCUT2D eigenvalue weighted by atomic mass is 10.2. The smallest absolute Gasteiger partial charge is 0.254 e. The Hall–Kier alpha value is -3.03. The molecule has 118 valence electrons. The van der Waals surface area contributed by atoms with Crippen molar-refractivity contribution >= 4 is 5.82 Å². The predicted molar refractivity (Wildman–Crippen MR) is 86.1 cm³/mol. The number of hydrogen-bond acceptors (Lipinski definition) is 6. The number of nitrogens with one attached hydrogen (secondary N) is 2. The van der Waals surface area contributed by atoms with Crippen molar-refractivity contribution in [3.8, 4) is 11.4 Å². The van der Waals surface area contributed by atoms with Gasteiger partial charge in [0.15, 0.2) is 0 Å². The zero-order valence-electron chi connectivity index (χ0n) is 12.9. The second-order valence-corrected chi connectivity index (χ2v) is 5.15. The Morgan fingerprint density at radius 1 is 1.30 bits per heavy atom. The number of nitrogens with zero attached hydrogens (tertiary/aromatic N) is 5. The highest BCUT2D eigenvalue weighted by atomic mass is 16.1. The summed E-state index contributed by atoms with van der Waals surface area (Å²) in [7, 11) is 0. The maximum absolute atomic E-state index is 11.8. The molecule has 0 amide bonds. The average molecular weight is 311 g/mol. The van der Waals surface area contributed by atoms with Crippen molar-refractivity contribution < 1.29 is 0 Å². The molecule has 0 aliphatic carbocycles. The first-order valence-electron chi connectivity index (χ1n) is 7.25. The quantitative estimate of drug-likeness (QED) is 0.733. The third-order valence-electron chi connectivity index (χ3n) is 3.55. The van der Waals surface area contributed by atoms with Crippen LogP contribution in [0.5, 0.6) is 0 Å². The molecule has 0 aliphatic rings. The molecule has 2 N–H and O–H groups in total. The molecule has 0 bridgehead atoms. The summed E-state index contributed by atoms with van der Waals surface area (Å²) in [5.41, 5.74) is 2.00. The Morgan fingerprint density at radius 3 is 2.83 bits per heavy atom. The third-order valence-corrected chi connectivity index (χ3v) is 3.55. The van der Waals surface area contributed by atoms with Gasteiger partial charge in [-0.15, -0.1) is 5.10 Å². The molecule has 0 saturated carbocycles. The summed E-state index contributed by atoms with van der Waals surface area (Å²) in [5, 5.41) is 10.8. The van der Waals surface area contributed by atoms with Crippen molar-refractivity contribution in [1.82, 2.24) is 29.9 Å². The van der Waals surface area contributed by atoms with Crippen molar-refractivity contribution in [3.05, 3.63) is 52.3 Å². The van der Waals surface area contributed by atoms with Gasteiger partial charge in [0.2, 0.25) is 0 Å². The molecular weight excluding hydrogens is 294 g/mol. The van der Waals surface area contributed by atoms with E-state index in [9.17, 15) is 4.79 Å². The predicted octanol–water partition coefficient (Wildman–Crippen LogP) is 1.15. The van der Waals surface area contributed by atoms with Crippen molar-refractivity contribution in [2.45, 2.75) is 20.4 Å². The van der Waals surface area contributed by atoms with Crippen LogP contribution in [0.2, 0.25) is 0 Å². The topological polar surface area (TPSA) is 101 Å². The minimum atomic E-state index is -0.123. The summed E-state index contributed by atoms with van der Waals surface area (Å²) in [4.78, 5) is 23.3. The first-order chi connectivity index (χ1) is 11.1. The van der Waals surface area contributed by atoms with Gasteiger partial charge in [-0.1, -0.05) is 5.21 Å². The van der Waals surface area contributed by atoms with Crippen LogP contribution < -0.4 is 10.9 Å². The maximum Gasteiger partial charge on any atom is 0.254 e. The standard InChI is InChI=1S/C15H17N7O/c1-10-11(2)19-14(20-15(10)23)12-3-4-13(17-9-12)16-5-7-22-8-6-18-21-22/h3-4,6,8-9H,5,7H2,1-2H3,(H,16,17)(H,19,20,23). The zero-order valence-corrected chi connectivity index (χ0v) is 12.9. The van der Waals surface area contributed by atoms with E-state index >= 15 is 0 Å². The summed E-state index contributed by atoms with van der Waals surface area (Å²) in [6, 6.07) is 3.73. The number of rotatable bonds is 5. The van der Waals surface area contributed by atoms with Crippen LogP contribution >= 0.6 is 0 Å². The minimum absolute atomic E-state index is 0.123. The number of H-pyrrole nitrogens is 1. The van der Waals surface area contributed by atoms with E-state index < -0.39 is 0 Å². The summed E-state index contributed by atoms with van der Waals surface area (Å²) in [5.74, 6) is 1.28. The van der Waals surface area contributed by atoms with Crippen LogP contribution in [0.4, 0.5) is 5.82 Å². The van der Waals surface area contributed by atoms with Gasteiger partial charge in [-0.05, 0) is 26.0 Å². The lowest BCUT2D eigenvalue weighted by Crippen LogP contribution is -2.14. The lowest BCUT2D eigenvalue weighted by Gasteiger charge is -2.07. The molecule has 3 aromatic rings.